The van der Waals surface area contributed by atoms with E-state index >= 15 is 0 Å². The number of hydrogen-bond donors (Lipinski definition) is 1. The molecule has 5 rings (SSSR count). The molecular formula is C39H45N3O4S. The number of hydrogen-bond acceptors (Lipinski definition) is 4. The van der Waals surface area contributed by atoms with E-state index in [2.05, 4.69) is 5.32 Å². The second kappa shape index (κ2) is 15.4. The second-order valence-electron chi connectivity index (χ2n) is 12.5. The van der Waals surface area contributed by atoms with Gasteiger partial charge >= 0.3 is 0 Å². The maximum atomic E-state index is 14.8. The summed E-state index contributed by atoms with van der Waals surface area (Å²) in [7, 11) is -4.15. The van der Waals surface area contributed by atoms with Crippen molar-refractivity contribution in [3.63, 3.8) is 0 Å². The Hall–Kier alpha value is -4.43. The summed E-state index contributed by atoms with van der Waals surface area (Å²) in [6.07, 6.45) is 5.38. The number of nitrogens with zero attached hydrogens (tertiary/aromatic N) is 2. The van der Waals surface area contributed by atoms with Crippen molar-refractivity contribution in [3.05, 3.63) is 131 Å². The number of nitrogens with one attached hydrogen (secondary N) is 1. The summed E-state index contributed by atoms with van der Waals surface area (Å²) >= 11 is 0. The Morgan fingerprint density at radius 1 is 0.766 bits per heavy atom. The van der Waals surface area contributed by atoms with Gasteiger partial charge in [-0.15, -0.1) is 0 Å². The van der Waals surface area contributed by atoms with Crippen LogP contribution in [0.1, 0.15) is 59.9 Å². The van der Waals surface area contributed by atoms with Crippen molar-refractivity contribution in [3.8, 4) is 0 Å². The summed E-state index contributed by atoms with van der Waals surface area (Å²) in [5, 5.41) is 3.27. The Balaban J connectivity index is 1.59. The van der Waals surface area contributed by atoms with Crippen LogP contribution in [-0.2, 0) is 32.6 Å². The summed E-state index contributed by atoms with van der Waals surface area (Å²) in [5.74, 6) is -0.666. The molecule has 0 unspecified atom stereocenters. The first-order valence-electron chi connectivity index (χ1n) is 16.5. The molecule has 4 aromatic carbocycles. The first-order chi connectivity index (χ1) is 22.6. The molecule has 246 valence electrons. The molecular weight excluding hydrogens is 607 g/mol. The lowest BCUT2D eigenvalue weighted by atomic mass is 9.94. The predicted molar refractivity (Wildman–Crippen MR) is 188 cm³/mol. The van der Waals surface area contributed by atoms with Crippen LogP contribution >= 0.6 is 0 Å². The molecule has 1 aliphatic carbocycles. The van der Waals surface area contributed by atoms with Gasteiger partial charge in [0.05, 0.1) is 10.6 Å². The monoisotopic (exact) mass is 651 g/mol. The molecule has 0 aliphatic heterocycles. The van der Waals surface area contributed by atoms with Crippen molar-refractivity contribution in [1.82, 2.24) is 10.2 Å². The number of rotatable bonds is 12. The van der Waals surface area contributed by atoms with Crippen LogP contribution in [0.15, 0.2) is 108 Å². The van der Waals surface area contributed by atoms with Crippen molar-refractivity contribution < 1.29 is 18.0 Å². The summed E-state index contributed by atoms with van der Waals surface area (Å²) in [6, 6.07) is 30.3. The third kappa shape index (κ3) is 8.30. The highest BCUT2D eigenvalue weighted by Gasteiger charge is 2.36. The Labute approximate surface area is 279 Å². The normalized spacial score (nSPS) is 14.3. The Morgan fingerprint density at radius 2 is 1.38 bits per heavy atom. The van der Waals surface area contributed by atoms with Gasteiger partial charge in [0.1, 0.15) is 12.6 Å². The first-order valence-corrected chi connectivity index (χ1v) is 17.9. The van der Waals surface area contributed by atoms with E-state index in [-0.39, 0.29) is 23.4 Å². The molecule has 47 heavy (non-hydrogen) atoms. The van der Waals surface area contributed by atoms with Gasteiger partial charge in [-0.1, -0.05) is 104 Å². The highest BCUT2D eigenvalue weighted by molar-refractivity contribution is 7.92. The SMILES string of the molecule is Cc1ccccc1CN(C(=O)CN(c1cccc(C)c1C)S(=O)(=O)c1ccccc1)[C@@H](Cc1ccccc1)C(=O)NC1CCCCC1. The fourth-order valence-electron chi connectivity index (χ4n) is 6.31. The van der Waals surface area contributed by atoms with E-state index in [0.29, 0.717) is 12.1 Å². The standard InChI is InChI=1S/C39H45N3O4S/c1-29-17-15-25-36(31(29)3)42(47(45,46)35-23-11-6-12-24-35)28-38(43)41(27-33-20-14-13-16-30(33)2)37(26-32-18-7-4-8-19-32)39(44)40-34-21-9-5-10-22-34/h4,6-8,11-20,23-25,34,37H,5,9-10,21-22,26-28H2,1-3H3,(H,40,44)/t37-/m0/s1. The van der Waals surface area contributed by atoms with Crippen LogP contribution in [0.25, 0.3) is 0 Å². The van der Waals surface area contributed by atoms with Crippen LogP contribution in [0, 0.1) is 20.8 Å². The lowest BCUT2D eigenvalue weighted by Gasteiger charge is -2.35. The number of carbonyl (C=O) groups excluding carboxylic acids is 2. The largest absolute Gasteiger partial charge is 0.352 e. The summed E-state index contributed by atoms with van der Waals surface area (Å²) in [4.78, 5) is 30.7. The van der Waals surface area contributed by atoms with E-state index in [1.54, 1.807) is 47.4 Å². The fraction of sp³-hybridized carbons (Fsp3) is 0.333. The first kappa shape index (κ1) is 33.9. The quantitative estimate of drug-likeness (QED) is 0.181. The van der Waals surface area contributed by atoms with Gasteiger partial charge in [-0.3, -0.25) is 13.9 Å². The maximum absolute atomic E-state index is 14.8. The van der Waals surface area contributed by atoms with Crippen LogP contribution in [0.2, 0.25) is 0 Å². The summed E-state index contributed by atoms with van der Waals surface area (Å²) in [6.45, 7) is 5.46. The lowest BCUT2D eigenvalue weighted by Crippen LogP contribution is -2.55. The minimum absolute atomic E-state index is 0.0508. The van der Waals surface area contributed by atoms with E-state index in [0.717, 1.165) is 59.9 Å². The van der Waals surface area contributed by atoms with E-state index in [1.165, 1.54) is 4.31 Å². The van der Waals surface area contributed by atoms with Crippen molar-refractivity contribution in [2.75, 3.05) is 10.8 Å². The summed E-state index contributed by atoms with van der Waals surface area (Å²) < 4.78 is 29.8. The van der Waals surface area contributed by atoms with Crippen molar-refractivity contribution >= 4 is 27.5 Å². The molecule has 8 heteroatoms. The Bertz CT molecular complexity index is 1770. The molecule has 1 N–H and O–H groups in total. The van der Waals surface area contributed by atoms with Crippen molar-refractivity contribution in [2.45, 2.75) is 82.8 Å². The lowest BCUT2D eigenvalue weighted by molar-refractivity contribution is -0.140. The van der Waals surface area contributed by atoms with Crippen LogP contribution in [0.4, 0.5) is 5.69 Å². The third-order valence-corrected chi connectivity index (χ3v) is 11.1. The molecule has 1 aliphatic rings. The van der Waals surface area contributed by atoms with Crippen LogP contribution in [0.5, 0.6) is 0 Å². The van der Waals surface area contributed by atoms with Gasteiger partial charge in [0, 0.05) is 19.0 Å². The van der Waals surface area contributed by atoms with Gasteiger partial charge in [0.15, 0.2) is 0 Å². The zero-order chi connectivity index (χ0) is 33.4. The highest BCUT2D eigenvalue weighted by atomic mass is 32.2. The van der Waals surface area contributed by atoms with Gasteiger partial charge in [0.25, 0.3) is 10.0 Å². The number of amides is 2. The van der Waals surface area contributed by atoms with Crippen LogP contribution < -0.4 is 9.62 Å². The molecule has 0 bridgehead atoms. The molecule has 1 saturated carbocycles. The molecule has 4 aromatic rings. The molecule has 0 spiro atoms. The third-order valence-electron chi connectivity index (χ3n) is 9.28. The Kier molecular flexibility index (Phi) is 11.1. The minimum Gasteiger partial charge on any atom is -0.352 e. The fourth-order valence-corrected chi connectivity index (χ4v) is 7.80. The second-order valence-corrected chi connectivity index (χ2v) is 14.4. The molecule has 0 saturated heterocycles. The zero-order valence-corrected chi connectivity index (χ0v) is 28.4. The maximum Gasteiger partial charge on any atom is 0.264 e. The van der Waals surface area contributed by atoms with Gasteiger partial charge < -0.3 is 10.2 Å². The minimum atomic E-state index is -4.15. The average Bonchev–Trinajstić information content (AvgIpc) is 3.08. The number of sulfonamides is 1. The smallest absolute Gasteiger partial charge is 0.264 e. The van der Waals surface area contributed by atoms with Crippen LogP contribution in [0.3, 0.4) is 0 Å². The molecule has 2 amide bonds. The number of aryl methyl sites for hydroxylation is 2. The highest BCUT2D eigenvalue weighted by Crippen LogP contribution is 2.29. The molecule has 0 aromatic heterocycles. The van der Waals surface area contributed by atoms with Gasteiger partial charge in [-0.05, 0) is 79.6 Å². The molecule has 1 fully saturated rings. The van der Waals surface area contributed by atoms with Gasteiger partial charge in [-0.25, -0.2) is 8.42 Å². The van der Waals surface area contributed by atoms with Crippen molar-refractivity contribution in [1.29, 1.82) is 0 Å². The number of benzene rings is 4. The number of anilines is 1. The number of carbonyl (C=O) groups is 2. The topological polar surface area (TPSA) is 86.8 Å². The molecule has 1 atom stereocenters. The average molecular weight is 652 g/mol. The van der Waals surface area contributed by atoms with Crippen molar-refractivity contribution in [2.24, 2.45) is 0 Å². The predicted octanol–water partition coefficient (Wildman–Crippen LogP) is 6.90. The Morgan fingerprint density at radius 3 is 2.06 bits per heavy atom. The van der Waals surface area contributed by atoms with E-state index in [9.17, 15) is 18.0 Å². The van der Waals surface area contributed by atoms with Gasteiger partial charge in [-0.2, -0.15) is 0 Å². The molecule has 0 heterocycles. The molecule has 7 nitrogen and oxygen atoms in total. The van der Waals surface area contributed by atoms with E-state index in [4.69, 9.17) is 0 Å². The van der Waals surface area contributed by atoms with Crippen LogP contribution in [-0.4, -0.2) is 43.8 Å². The van der Waals surface area contributed by atoms with Gasteiger partial charge in [0.2, 0.25) is 11.8 Å². The van der Waals surface area contributed by atoms with E-state index in [1.807, 2.05) is 81.4 Å². The van der Waals surface area contributed by atoms with E-state index < -0.39 is 28.5 Å². The molecule has 0 radical (unpaired) electrons. The zero-order valence-electron chi connectivity index (χ0n) is 27.6. The summed E-state index contributed by atoms with van der Waals surface area (Å²) in [5.41, 5.74) is 4.91.